The summed E-state index contributed by atoms with van der Waals surface area (Å²) in [5.41, 5.74) is 3.39. The van der Waals surface area contributed by atoms with Crippen LogP contribution in [0.4, 0.5) is 23.5 Å². The van der Waals surface area contributed by atoms with Crippen molar-refractivity contribution in [3.05, 3.63) is 71.8 Å². The SMILES string of the molecule is Cc1ccc(CNc2nc(NCCCCCCNS(=O)(=O)c3cccc4c(N(C)C)cccc34)nc(NC3CCC(C)CC3)n2)cc1. The maximum atomic E-state index is 13.2. The van der Waals surface area contributed by atoms with Crippen molar-refractivity contribution in [1.82, 2.24) is 19.7 Å². The first kappa shape index (κ1) is 34.4. The fourth-order valence-corrected chi connectivity index (χ4v) is 7.34. The first-order chi connectivity index (χ1) is 22.7. The van der Waals surface area contributed by atoms with Crippen LogP contribution in [0.3, 0.4) is 0 Å². The van der Waals surface area contributed by atoms with Crippen LogP contribution in [0.5, 0.6) is 0 Å². The molecule has 47 heavy (non-hydrogen) atoms. The number of benzene rings is 3. The van der Waals surface area contributed by atoms with Gasteiger partial charge in [0, 0.05) is 56.2 Å². The molecule has 0 spiro atoms. The van der Waals surface area contributed by atoms with Gasteiger partial charge in [0.2, 0.25) is 27.9 Å². The van der Waals surface area contributed by atoms with Crippen molar-refractivity contribution in [2.45, 2.75) is 82.7 Å². The number of nitrogens with one attached hydrogen (secondary N) is 4. The lowest BCUT2D eigenvalue weighted by Gasteiger charge is -2.27. The molecule has 0 aliphatic heterocycles. The standard InChI is InChI=1S/C36H50N8O2S/c1-26-15-19-28(20-16-26)25-38-35-41-34(42-36(43-35)40-29-21-17-27(2)18-22-29)37-23-7-5-6-8-24-39-47(45,46)33-14-10-11-30-31(33)12-9-13-32(30)44(3)4/h9-16,19-20,27,29,39H,5-8,17-18,21-25H2,1-4H3,(H3,37,38,40,41,42,43). The second-order valence-electron chi connectivity index (χ2n) is 13.0. The number of anilines is 4. The maximum absolute atomic E-state index is 13.2. The van der Waals surface area contributed by atoms with Crippen LogP contribution in [0, 0.1) is 12.8 Å². The molecule has 1 saturated carbocycles. The van der Waals surface area contributed by atoms with E-state index in [2.05, 4.69) is 73.7 Å². The molecule has 0 bridgehead atoms. The van der Waals surface area contributed by atoms with Crippen molar-refractivity contribution < 1.29 is 8.42 Å². The molecule has 0 radical (unpaired) electrons. The van der Waals surface area contributed by atoms with Gasteiger partial charge in [-0.1, -0.05) is 73.9 Å². The summed E-state index contributed by atoms with van der Waals surface area (Å²) in [6.07, 6.45) is 8.24. The summed E-state index contributed by atoms with van der Waals surface area (Å²) in [4.78, 5) is 16.3. The summed E-state index contributed by atoms with van der Waals surface area (Å²) < 4.78 is 29.2. The van der Waals surface area contributed by atoms with Gasteiger partial charge in [-0.15, -0.1) is 0 Å². The van der Waals surface area contributed by atoms with Gasteiger partial charge in [-0.05, 0) is 69.1 Å². The molecule has 0 atom stereocenters. The maximum Gasteiger partial charge on any atom is 0.241 e. The minimum Gasteiger partial charge on any atom is -0.377 e. The van der Waals surface area contributed by atoms with Crippen molar-refractivity contribution in [2.24, 2.45) is 5.92 Å². The van der Waals surface area contributed by atoms with E-state index in [0.717, 1.165) is 67.4 Å². The fourth-order valence-electron chi connectivity index (χ4n) is 6.05. The highest BCUT2D eigenvalue weighted by Gasteiger charge is 2.20. The summed E-state index contributed by atoms with van der Waals surface area (Å²) in [7, 11) is 0.298. The summed E-state index contributed by atoms with van der Waals surface area (Å²) in [5, 5.41) is 12.0. The third-order valence-electron chi connectivity index (χ3n) is 8.86. The van der Waals surface area contributed by atoms with Crippen LogP contribution in [-0.4, -0.2) is 56.6 Å². The van der Waals surface area contributed by atoms with E-state index < -0.39 is 10.0 Å². The van der Waals surface area contributed by atoms with E-state index in [4.69, 9.17) is 0 Å². The normalized spacial score (nSPS) is 16.6. The van der Waals surface area contributed by atoms with Crippen LogP contribution in [0.25, 0.3) is 10.8 Å². The van der Waals surface area contributed by atoms with E-state index >= 15 is 0 Å². The van der Waals surface area contributed by atoms with Gasteiger partial charge in [-0.3, -0.25) is 0 Å². The van der Waals surface area contributed by atoms with Crippen molar-refractivity contribution >= 4 is 44.3 Å². The molecule has 252 valence electrons. The van der Waals surface area contributed by atoms with Gasteiger partial charge in [0.15, 0.2) is 0 Å². The Kier molecular flexibility index (Phi) is 11.9. The molecule has 5 rings (SSSR count). The first-order valence-corrected chi connectivity index (χ1v) is 18.4. The van der Waals surface area contributed by atoms with E-state index in [1.54, 1.807) is 6.07 Å². The monoisotopic (exact) mass is 658 g/mol. The molecule has 11 heteroatoms. The Morgan fingerprint density at radius 2 is 1.38 bits per heavy atom. The van der Waals surface area contributed by atoms with E-state index in [9.17, 15) is 8.42 Å². The molecule has 0 saturated heterocycles. The lowest BCUT2D eigenvalue weighted by molar-refractivity contribution is 0.360. The number of fused-ring (bicyclic) bond motifs is 1. The Labute approximate surface area is 280 Å². The third-order valence-corrected chi connectivity index (χ3v) is 10.4. The third kappa shape index (κ3) is 9.77. The average Bonchev–Trinajstić information content (AvgIpc) is 3.06. The second kappa shape index (κ2) is 16.2. The van der Waals surface area contributed by atoms with Gasteiger partial charge in [0.05, 0.1) is 4.90 Å². The number of nitrogens with zero attached hydrogens (tertiary/aromatic N) is 4. The molecule has 10 nitrogen and oxygen atoms in total. The summed E-state index contributed by atoms with van der Waals surface area (Å²) in [5.74, 6) is 2.48. The molecule has 0 unspecified atom stereocenters. The van der Waals surface area contributed by atoms with Crippen molar-refractivity contribution in [3.8, 4) is 0 Å². The zero-order valence-electron chi connectivity index (χ0n) is 28.2. The van der Waals surface area contributed by atoms with Gasteiger partial charge in [0.25, 0.3) is 0 Å². The van der Waals surface area contributed by atoms with Crippen molar-refractivity contribution in [2.75, 3.05) is 48.0 Å². The number of hydrogen-bond acceptors (Lipinski definition) is 9. The predicted molar refractivity (Wildman–Crippen MR) is 194 cm³/mol. The summed E-state index contributed by atoms with van der Waals surface area (Å²) in [6.45, 7) is 6.15. The van der Waals surface area contributed by atoms with Crippen LogP contribution in [0.15, 0.2) is 65.6 Å². The minimum absolute atomic E-state index is 0.319. The summed E-state index contributed by atoms with van der Waals surface area (Å²) in [6, 6.07) is 20.0. The van der Waals surface area contributed by atoms with Crippen molar-refractivity contribution in [3.63, 3.8) is 0 Å². The second-order valence-corrected chi connectivity index (χ2v) is 14.7. The largest absolute Gasteiger partial charge is 0.377 e. The van der Waals surface area contributed by atoms with Gasteiger partial charge in [-0.25, -0.2) is 13.1 Å². The highest BCUT2D eigenvalue weighted by atomic mass is 32.2. The number of rotatable bonds is 16. The quantitative estimate of drug-likeness (QED) is 0.0947. The van der Waals surface area contributed by atoms with Crippen LogP contribution in [0.1, 0.15) is 69.4 Å². The molecule has 4 N–H and O–H groups in total. The Morgan fingerprint density at radius 1 is 0.745 bits per heavy atom. The number of aryl methyl sites for hydroxylation is 1. The van der Waals surface area contributed by atoms with Crippen LogP contribution in [-0.2, 0) is 16.6 Å². The molecule has 1 aliphatic carbocycles. The van der Waals surface area contributed by atoms with Crippen LogP contribution in [0.2, 0.25) is 0 Å². The molecular formula is C36H50N8O2S. The van der Waals surface area contributed by atoms with E-state index in [0.29, 0.717) is 41.9 Å². The molecular weight excluding hydrogens is 609 g/mol. The lowest BCUT2D eigenvalue weighted by Crippen LogP contribution is -2.26. The Hall–Kier alpha value is -3.96. The van der Waals surface area contributed by atoms with E-state index in [1.807, 2.05) is 49.3 Å². The van der Waals surface area contributed by atoms with Crippen LogP contribution < -0.4 is 25.6 Å². The van der Waals surface area contributed by atoms with E-state index in [1.165, 1.54) is 24.0 Å². The average molecular weight is 659 g/mol. The van der Waals surface area contributed by atoms with E-state index in [-0.39, 0.29) is 0 Å². The Balaban J connectivity index is 1.10. The Bertz CT molecular complexity index is 1700. The minimum atomic E-state index is -3.62. The first-order valence-electron chi connectivity index (χ1n) is 16.9. The number of hydrogen-bond donors (Lipinski definition) is 4. The molecule has 0 amide bonds. The highest BCUT2D eigenvalue weighted by molar-refractivity contribution is 7.89. The lowest BCUT2D eigenvalue weighted by atomic mass is 9.87. The molecule has 1 aliphatic rings. The van der Waals surface area contributed by atoms with Gasteiger partial charge >= 0.3 is 0 Å². The molecule has 1 aromatic heterocycles. The predicted octanol–water partition coefficient (Wildman–Crippen LogP) is 6.95. The molecule has 4 aromatic rings. The number of aromatic nitrogens is 3. The summed E-state index contributed by atoms with van der Waals surface area (Å²) >= 11 is 0. The molecule has 1 fully saturated rings. The zero-order chi connectivity index (χ0) is 33.2. The van der Waals surface area contributed by atoms with Crippen LogP contribution >= 0.6 is 0 Å². The molecule has 1 heterocycles. The topological polar surface area (TPSA) is 124 Å². The molecule has 3 aromatic carbocycles. The zero-order valence-corrected chi connectivity index (χ0v) is 29.0. The number of sulfonamides is 1. The van der Waals surface area contributed by atoms with Gasteiger partial charge in [-0.2, -0.15) is 15.0 Å². The van der Waals surface area contributed by atoms with Gasteiger partial charge < -0.3 is 20.9 Å². The smallest absolute Gasteiger partial charge is 0.241 e. The number of unbranched alkanes of at least 4 members (excludes halogenated alkanes) is 3. The van der Waals surface area contributed by atoms with Gasteiger partial charge in [0.1, 0.15) is 0 Å². The van der Waals surface area contributed by atoms with Crippen molar-refractivity contribution in [1.29, 1.82) is 0 Å². The highest BCUT2D eigenvalue weighted by Crippen LogP contribution is 2.30. The fraction of sp³-hybridized carbons (Fsp3) is 0.472. The Morgan fingerprint density at radius 3 is 2.11 bits per heavy atom.